The Morgan fingerprint density at radius 3 is 2.63 bits per heavy atom. The first-order valence-corrected chi connectivity index (χ1v) is 8.46. The number of nitrogens with zero attached hydrogens (tertiary/aromatic N) is 4. The fourth-order valence-electron chi connectivity index (χ4n) is 3.16. The zero-order valence-electron chi connectivity index (χ0n) is 14.4. The van der Waals surface area contributed by atoms with Crippen molar-refractivity contribution in [3.8, 4) is 5.69 Å². The molecule has 0 radical (unpaired) electrons. The van der Waals surface area contributed by atoms with E-state index in [0.29, 0.717) is 16.7 Å². The molecule has 0 saturated carbocycles. The normalized spacial score (nSPS) is 18.3. The second kappa shape index (κ2) is 5.62. The molecule has 1 saturated heterocycles. The lowest BCUT2D eigenvalue weighted by molar-refractivity contribution is -0.0642. The zero-order valence-corrected chi connectivity index (χ0v) is 15.1. The van der Waals surface area contributed by atoms with Crippen molar-refractivity contribution < 1.29 is 8.78 Å². The van der Waals surface area contributed by atoms with Crippen LogP contribution in [0.15, 0.2) is 28.2 Å². The summed E-state index contributed by atoms with van der Waals surface area (Å²) >= 11 is 6.16. The number of nitrogens with one attached hydrogen (secondary N) is 2. The van der Waals surface area contributed by atoms with Crippen LogP contribution < -0.4 is 16.1 Å². The van der Waals surface area contributed by atoms with E-state index in [1.807, 2.05) is 0 Å². The number of aromatic nitrogens is 5. The summed E-state index contributed by atoms with van der Waals surface area (Å²) in [5.74, 6) is -2.57. The molecule has 0 atom stereocenters. The maximum Gasteiger partial charge on any atom is 0.325 e. The van der Waals surface area contributed by atoms with E-state index in [0.717, 1.165) is 0 Å². The van der Waals surface area contributed by atoms with Crippen LogP contribution in [0.2, 0.25) is 5.02 Å². The fourth-order valence-corrected chi connectivity index (χ4v) is 3.35. The molecule has 1 aliphatic rings. The summed E-state index contributed by atoms with van der Waals surface area (Å²) in [7, 11) is 0. The molecule has 0 spiro atoms. The molecule has 142 valence electrons. The number of halogens is 3. The third-order valence-electron chi connectivity index (χ3n) is 4.79. The van der Waals surface area contributed by atoms with Gasteiger partial charge in [-0.3, -0.25) is 9.78 Å². The molecule has 4 heterocycles. The number of aromatic amines is 2. The number of hydrogen-bond acceptors (Lipinski definition) is 5. The van der Waals surface area contributed by atoms with Gasteiger partial charge in [0.2, 0.25) is 0 Å². The summed E-state index contributed by atoms with van der Waals surface area (Å²) in [4.78, 5) is 33.4. The van der Waals surface area contributed by atoms with E-state index in [1.165, 1.54) is 42.0 Å². The van der Waals surface area contributed by atoms with Crippen LogP contribution >= 0.6 is 11.6 Å². The highest BCUT2D eigenvalue weighted by Gasteiger charge is 2.54. The van der Waals surface area contributed by atoms with Crippen molar-refractivity contribution in [3.05, 3.63) is 44.5 Å². The molecular formula is C16H15ClF2N6O2. The monoisotopic (exact) mass is 396 g/mol. The lowest BCUT2D eigenvalue weighted by atomic mass is 9.89. The summed E-state index contributed by atoms with van der Waals surface area (Å²) < 4.78 is 29.8. The summed E-state index contributed by atoms with van der Waals surface area (Å²) in [5, 5.41) is 4.92. The van der Waals surface area contributed by atoms with Crippen molar-refractivity contribution in [2.45, 2.75) is 19.8 Å². The van der Waals surface area contributed by atoms with E-state index in [9.17, 15) is 18.4 Å². The van der Waals surface area contributed by atoms with Crippen LogP contribution in [0.4, 0.5) is 14.6 Å². The summed E-state index contributed by atoms with van der Waals surface area (Å²) in [5.41, 5.74) is -2.14. The predicted molar refractivity (Wildman–Crippen MR) is 96.1 cm³/mol. The maximum atomic E-state index is 14.3. The van der Waals surface area contributed by atoms with E-state index in [-0.39, 0.29) is 17.3 Å². The van der Waals surface area contributed by atoms with Gasteiger partial charge in [-0.15, -0.1) is 0 Å². The van der Waals surface area contributed by atoms with Gasteiger partial charge in [0.1, 0.15) is 17.0 Å². The van der Waals surface area contributed by atoms with Gasteiger partial charge >= 0.3 is 5.69 Å². The number of pyridine rings is 1. The van der Waals surface area contributed by atoms with Gasteiger partial charge in [-0.1, -0.05) is 25.4 Å². The molecule has 0 unspecified atom stereocenters. The predicted octanol–water partition coefficient (Wildman–Crippen LogP) is 1.93. The molecule has 27 heavy (non-hydrogen) atoms. The highest BCUT2D eigenvalue weighted by Crippen LogP contribution is 2.45. The minimum absolute atomic E-state index is 0.0555. The van der Waals surface area contributed by atoms with Crippen LogP contribution in [0.5, 0.6) is 0 Å². The number of rotatable bonds is 2. The molecule has 11 heteroatoms. The van der Waals surface area contributed by atoms with Crippen molar-refractivity contribution in [2.24, 2.45) is 5.41 Å². The molecule has 8 nitrogen and oxygen atoms in total. The van der Waals surface area contributed by atoms with Crippen LogP contribution in [-0.4, -0.2) is 43.7 Å². The van der Waals surface area contributed by atoms with Gasteiger partial charge in [0.15, 0.2) is 0 Å². The van der Waals surface area contributed by atoms with E-state index in [1.54, 1.807) is 0 Å². The third kappa shape index (κ3) is 2.71. The first-order chi connectivity index (χ1) is 12.6. The van der Waals surface area contributed by atoms with Crippen LogP contribution in [0.3, 0.4) is 0 Å². The first kappa shape index (κ1) is 17.7. The standard InChI is InChI=1S/C16H15ClF2N6O2/c1-15(2)6-24(7-16(15,18)19)12-8-5-25(23-11(8)9(17)3-20-12)10-4-21-14(27)22-13(10)26/h3-5H,6-7H2,1-2H3,(H2,21,22,26,27). The van der Waals surface area contributed by atoms with E-state index >= 15 is 0 Å². The van der Waals surface area contributed by atoms with Crippen molar-refractivity contribution in [3.63, 3.8) is 0 Å². The summed E-state index contributed by atoms with van der Waals surface area (Å²) in [6, 6.07) is 0. The number of fused-ring (bicyclic) bond motifs is 1. The van der Waals surface area contributed by atoms with E-state index in [4.69, 9.17) is 11.6 Å². The van der Waals surface area contributed by atoms with Crippen molar-refractivity contribution in [2.75, 3.05) is 18.0 Å². The smallest absolute Gasteiger partial charge is 0.325 e. The molecule has 3 aromatic rings. The number of hydrogen-bond donors (Lipinski definition) is 2. The number of anilines is 1. The van der Waals surface area contributed by atoms with Gasteiger partial charge in [-0.05, 0) is 0 Å². The zero-order chi connectivity index (χ0) is 19.6. The number of alkyl halides is 2. The summed E-state index contributed by atoms with van der Waals surface area (Å²) in [6.07, 6.45) is 4.04. The van der Waals surface area contributed by atoms with Crippen LogP contribution in [0.1, 0.15) is 13.8 Å². The van der Waals surface area contributed by atoms with Crippen molar-refractivity contribution in [1.82, 2.24) is 24.7 Å². The van der Waals surface area contributed by atoms with Gasteiger partial charge in [-0.25, -0.2) is 23.2 Å². The molecule has 0 bridgehead atoms. The average Bonchev–Trinajstić information content (AvgIpc) is 3.07. The minimum atomic E-state index is -2.88. The Kier molecular flexibility index (Phi) is 3.68. The Morgan fingerprint density at radius 1 is 1.26 bits per heavy atom. The quantitative estimate of drug-likeness (QED) is 0.689. The van der Waals surface area contributed by atoms with Gasteiger partial charge in [0.25, 0.3) is 11.5 Å². The third-order valence-corrected chi connectivity index (χ3v) is 5.07. The summed E-state index contributed by atoms with van der Waals surface area (Å²) in [6.45, 7) is 2.63. The minimum Gasteiger partial charge on any atom is -0.349 e. The van der Waals surface area contributed by atoms with Crippen LogP contribution in [0.25, 0.3) is 16.6 Å². The molecule has 1 fully saturated rings. The highest BCUT2D eigenvalue weighted by molar-refractivity contribution is 6.35. The second-order valence-corrected chi connectivity index (χ2v) is 7.57. The molecule has 2 N–H and O–H groups in total. The van der Waals surface area contributed by atoms with Gasteiger partial charge in [0.05, 0.1) is 23.2 Å². The molecule has 0 aliphatic carbocycles. The SMILES string of the molecule is CC1(C)CN(c2ncc(Cl)c3nn(-c4c[nH]c(=O)[nH]c4=O)cc23)CC1(F)F. The van der Waals surface area contributed by atoms with E-state index in [2.05, 4.69) is 20.1 Å². The molecule has 3 aromatic heterocycles. The Labute approximate surface area is 155 Å². The first-order valence-electron chi connectivity index (χ1n) is 8.08. The average molecular weight is 397 g/mol. The highest BCUT2D eigenvalue weighted by atomic mass is 35.5. The molecule has 4 rings (SSSR count). The Morgan fingerprint density at radius 2 is 2.00 bits per heavy atom. The maximum absolute atomic E-state index is 14.3. The fraction of sp³-hybridized carbons (Fsp3) is 0.375. The lowest BCUT2D eigenvalue weighted by Gasteiger charge is -2.24. The molecule has 1 aliphatic heterocycles. The van der Waals surface area contributed by atoms with Gasteiger partial charge in [0, 0.05) is 24.4 Å². The Balaban J connectivity index is 1.87. The van der Waals surface area contributed by atoms with Gasteiger partial charge in [-0.2, -0.15) is 5.10 Å². The van der Waals surface area contributed by atoms with E-state index < -0.39 is 29.1 Å². The van der Waals surface area contributed by atoms with Crippen LogP contribution in [0, 0.1) is 5.41 Å². The second-order valence-electron chi connectivity index (χ2n) is 7.17. The van der Waals surface area contributed by atoms with Crippen molar-refractivity contribution >= 4 is 28.3 Å². The molecule has 0 aromatic carbocycles. The topological polar surface area (TPSA) is 99.7 Å². The Bertz CT molecular complexity index is 1150. The van der Waals surface area contributed by atoms with Crippen LogP contribution in [-0.2, 0) is 0 Å². The molecular weight excluding hydrogens is 382 g/mol. The number of H-pyrrole nitrogens is 2. The van der Waals surface area contributed by atoms with Crippen molar-refractivity contribution in [1.29, 1.82) is 0 Å². The Hall–Kier alpha value is -2.75. The molecule has 0 amide bonds. The largest absolute Gasteiger partial charge is 0.349 e. The van der Waals surface area contributed by atoms with Gasteiger partial charge < -0.3 is 9.88 Å². The lowest BCUT2D eigenvalue weighted by Crippen LogP contribution is -2.34.